The van der Waals surface area contributed by atoms with Gasteiger partial charge in [0.25, 0.3) is 0 Å². The highest BCUT2D eigenvalue weighted by molar-refractivity contribution is 7.99. The molecule has 8 heteroatoms. The molecule has 0 bridgehead atoms. The molecule has 0 rings (SSSR count). The molecule has 4 atom stereocenters. The molecule has 0 aliphatic carbocycles. The Hall–Kier alpha value is -0.200. The standard InChI is InChI=1S/C31H61O6PS/c1-8-11-13-15-16-17-18-20-22-25-39-28(23-21-19-14-12-9-2)27(4)36-37-31(38-33,35-24-10-3)29(32)34-26-30(5,6)7/h27-28H,8-26H2,1-7H3/p+1. The Kier molecular flexibility index (Phi) is 24.3. The van der Waals surface area contributed by atoms with Gasteiger partial charge in [0, 0.05) is 5.25 Å². The molecule has 0 aromatic carbocycles. The molecule has 0 saturated heterocycles. The maximum Gasteiger partial charge on any atom is 0.497 e. The van der Waals surface area contributed by atoms with Crippen molar-refractivity contribution in [2.45, 2.75) is 168 Å². The number of hydrogen-bond acceptors (Lipinski definition) is 7. The number of carbonyl (C=O) groups is 1. The molecule has 0 amide bonds. The first-order valence-electron chi connectivity index (χ1n) is 15.8. The van der Waals surface area contributed by atoms with E-state index in [1.807, 2.05) is 46.4 Å². The van der Waals surface area contributed by atoms with Gasteiger partial charge in [0.15, 0.2) is 0 Å². The van der Waals surface area contributed by atoms with Crippen LogP contribution in [0.3, 0.4) is 0 Å². The molecule has 0 aliphatic rings. The van der Waals surface area contributed by atoms with Crippen LogP contribution in [0, 0.1) is 5.41 Å². The molecular formula is C31H62O6PS+. The number of unbranched alkanes of at least 4 members (excludes halogenated alkanes) is 12. The minimum absolute atomic E-state index is 0.168. The van der Waals surface area contributed by atoms with Gasteiger partial charge in [-0.15, -0.1) is 4.89 Å². The van der Waals surface area contributed by atoms with Gasteiger partial charge in [-0.25, -0.2) is 9.68 Å². The average Bonchev–Trinajstić information content (AvgIpc) is 2.91. The number of thioether (sulfide) groups is 1. The van der Waals surface area contributed by atoms with Crippen molar-refractivity contribution in [2.75, 3.05) is 19.0 Å². The lowest BCUT2D eigenvalue weighted by atomic mass is 9.99. The summed E-state index contributed by atoms with van der Waals surface area (Å²) < 4.78 is 23.3. The van der Waals surface area contributed by atoms with Crippen LogP contribution in [0.25, 0.3) is 0 Å². The van der Waals surface area contributed by atoms with E-state index < -0.39 is 20.0 Å². The number of hydrogen-bond donors (Lipinski definition) is 0. The zero-order valence-corrected chi connectivity index (χ0v) is 28.3. The van der Waals surface area contributed by atoms with Crippen molar-refractivity contribution in [3.05, 3.63) is 0 Å². The van der Waals surface area contributed by atoms with Gasteiger partial charge in [0.1, 0.15) is 6.10 Å². The van der Waals surface area contributed by atoms with E-state index in [1.54, 1.807) is 0 Å². The van der Waals surface area contributed by atoms with Crippen LogP contribution in [0.15, 0.2) is 0 Å². The van der Waals surface area contributed by atoms with E-state index in [9.17, 15) is 9.36 Å². The van der Waals surface area contributed by atoms with Gasteiger partial charge < -0.3 is 4.74 Å². The maximum atomic E-state index is 12.9. The van der Waals surface area contributed by atoms with Crippen molar-refractivity contribution in [3.8, 4) is 0 Å². The molecule has 0 radical (unpaired) electrons. The predicted octanol–water partition coefficient (Wildman–Crippen LogP) is 10.0. The number of carbonyl (C=O) groups excluding carboxylic acids is 1. The fourth-order valence-corrected chi connectivity index (χ4v) is 5.81. The molecule has 39 heavy (non-hydrogen) atoms. The monoisotopic (exact) mass is 593 g/mol. The average molecular weight is 594 g/mol. The minimum Gasteiger partial charge on any atom is -0.458 e. The summed E-state index contributed by atoms with van der Waals surface area (Å²) in [6.07, 6.45) is 19.3. The lowest BCUT2D eigenvalue weighted by Gasteiger charge is -2.26. The van der Waals surface area contributed by atoms with Crippen molar-refractivity contribution >= 4 is 26.2 Å². The first kappa shape index (κ1) is 38.8. The third-order valence-corrected chi connectivity index (χ3v) is 8.83. The van der Waals surface area contributed by atoms with Gasteiger partial charge in [-0.05, 0) is 37.4 Å². The van der Waals surface area contributed by atoms with E-state index in [2.05, 4.69) is 13.8 Å². The molecule has 6 nitrogen and oxygen atoms in total. The second kappa shape index (κ2) is 24.4. The fraction of sp³-hybridized carbons (Fsp3) is 0.968. The van der Waals surface area contributed by atoms with E-state index in [4.69, 9.17) is 19.2 Å². The molecular weight excluding hydrogens is 531 g/mol. The van der Waals surface area contributed by atoms with Gasteiger partial charge >= 0.3 is 20.0 Å². The Morgan fingerprint density at radius 3 is 1.85 bits per heavy atom. The lowest BCUT2D eigenvalue weighted by molar-refractivity contribution is -0.403. The summed E-state index contributed by atoms with van der Waals surface area (Å²) in [5, 5.41) is 0.227. The highest BCUT2D eigenvalue weighted by Gasteiger charge is 2.55. The van der Waals surface area contributed by atoms with E-state index in [0.29, 0.717) is 6.42 Å². The lowest BCUT2D eigenvalue weighted by Crippen LogP contribution is -2.43. The summed E-state index contributed by atoms with van der Waals surface area (Å²) in [4.78, 5) is 24.3. The van der Waals surface area contributed by atoms with Crippen LogP contribution in [0.1, 0.15) is 151 Å². The van der Waals surface area contributed by atoms with Crippen LogP contribution in [-0.2, 0) is 28.6 Å². The Bertz CT molecular complexity index is 600. The van der Waals surface area contributed by atoms with Gasteiger partial charge in [-0.3, -0.25) is 4.74 Å². The van der Waals surface area contributed by atoms with Gasteiger partial charge in [0.05, 0.1) is 13.2 Å². The van der Waals surface area contributed by atoms with Crippen LogP contribution in [0.5, 0.6) is 0 Å². The molecule has 0 aromatic heterocycles. The molecule has 0 saturated carbocycles. The van der Waals surface area contributed by atoms with Crippen molar-refractivity contribution in [2.24, 2.45) is 5.41 Å². The summed E-state index contributed by atoms with van der Waals surface area (Å²) in [6, 6.07) is 0. The zero-order chi connectivity index (χ0) is 29.4. The zero-order valence-electron chi connectivity index (χ0n) is 26.4. The first-order valence-corrected chi connectivity index (χ1v) is 17.8. The molecule has 0 aliphatic heterocycles. The molecule has 232 valence electrons. The predicted molar refractivity (Wildman–Crippen MR) is 167 cm³/mol. The van der Waals surface area contributed by atoms with Crippen molar-refractivity contribution in [3.63, 3.8) is 0 Å². The quantitative estimate of drug-likeness (QED) is 0.0234. The van der Waals surface area contributed by atoms with Crippen molar-refractivity contribution in [1.29, 1.82) is 0 Å². The van der Waals surface area contributed by atoms with Crippen molar-refractivity contribution in [1.82, 2.24) is 0 Å². The number of ether oxygens (including phenoxy) is 2. The molecule has 0 aromatic rings. The second-order valence-electron chi connectivity index (χ2n) is 12.0. The Morgan fingerprint density at radius 2 is 1.33 bits per heavy atom. The SMILES string of the molecule is CCCCCCCCCCCSC(CCCCCCC)C(C)OOC(OCCC)([PH+]=O)C(=O)OCC(C)(C)C. The van der Waals surface area contributed by atoms with Gasteiger partial charge in [0.2, 0.25) is 0 Å². The Morgan fingerprint density at radius 1 is 0.795 bits per heavy atom. The van der Waals surface area contributed by atoms with Crippen LogP contribution < -0.4 is 0 Å². The fourth-order valence-electron chi connectivity index (χ4n) is 4.08. The van der Waals surface area contributed by atoms with Gasteiger partial charge in [-0.2, -0.15) is 11.8 Å². The second-order valence-corrected chi connectivity index (χ2v) is 14.2. The highest BCUT2D eigenvalue weighted by Crippen LogP contribution is 2.33. The van der Waals surface area contributed by atoms with Crippen molar-refractivity contribution < 1.29 is 28.6 Å². The van der Waals surface area contributed by atoms with E-state index in [-0.39, 0.29) is 30.0 Å². The van der Waals surface area contributed by atoms with Crippen LogP contribution in [0.4, 0.5) is 0 Å². The molecule has 0 spiro atoms. The first-order chi connectivity index (χ1) is 18.7. The van der Waals surface area contributed by atoms with E-state index >= 15 is 0 Å². The van der Waals surface area contributed by atoms with Crippen LogP contribution in [0.2, 0.25) is 0 Å². The molecule has 0 N–H and O–H groups in total. The molecule has 0 fully saturated rings. The topological polar surface area (TPSA) is 71.1 Å². The highest BCUT2D eigenvalue weighted by atomic mass is 32.2. The molecule has 0 heterocycles. The Balaban J connectivity index is 4.95. The van der Waals surface area contributed by atoms with Gasteiger partial charge in [-0.1, -0.05) is 130 Å². The summed E-state index contributed by atoms with van der Waals surface area (Å²) in [7, 11) is -1.20. The normalized spacial score (nSPS) is 15.3. The summed E-state index contributed by atoms with van der Waals surface area (Å²) >= 11 is 1.93. The third kappa shape index (κ3) is 20.3. The minimum atomic E-state index is -2.05. The smallest absolute Gasteiger partial charge is 0.458 e. The number of rotatable bonds is 27. The van der Waals surface area contributed by atoms with Crippen LogP contribution >= 0.6 is 20.2 Å². The largest absolute Gasteiger partial charge is 0.497 e. The van der Waals surface area contributed by atoms with E-state index in [0.717, 1.165) is 18.6 Å². The molecule has 4 unspecified atom stereocenters. The summed E-state index contributed by atoms with van der Waals surface area (Å²) in [6.45, 7) is 14.6. The Labute approximate surface area is 246 Å². The van der Waals surface area contributed by atoms with E-state index in [1.165, 1.54) is 83.5 Å². The maximum absolute atomic E-state index is 12.9. The third-order valence-electron chi connectivity index (χ3n) is 6.56. The number of esters is 1. The summed E-state index contributed by atoms with van der Waals surface area (Å²) in [5.41, 5.74) is -2.29. The van der Waals surface area contributed by atoms with Crippen LogP contribution in [-0.4, -0.2) is 41.8 Å². The summed E-state index contributed by atoms with van der Waals surface area (Å²) in [5.74, 6) is 0.280.